The number of amides is 2. The van der Waals surface area contributed by atoms with E-state index in [0.29, 0.717) is 31.2 Å². The molecule has 3 N–H and O–H groups in total. The maximum absolute atomic E-state index is 14.3. The monoisotopic (exact) mass is 460 g/mol. The molecule has 2 atom stereocenters. The number of H-pyrrole nitrogens is 1. The van der Waals surface area contributed by atoms with Crippen molar-refractivity contribution < 1.29 is 27.2 Å². The molecule has 33 heavy (non-hydrogen) atoms. The van der Waals surface area contributed by atoms with Gasteiger partial charge in [0, 0.05) is 11.8 Å². The number of rotatable bonds is 5. The molecule has 2 aliphatic rings. The van der Waals surface area contributed by atoms with Crippen LogP contribution in [0.1, 0.15) is 43.0 Å². The van der Waals surface area contributed by atoms with Crippen LogP contribution in [-0.2, 0) is 15.8 Å². The van der Waals surface area contributed by atoms with Crippen molar-refractivity contribution in [2.45, 2.75) is 43.3 Å². The summed E-state index contributed by atoms with van der Waals surface area (Å²) < 4.78 is 53.1. The lowest BCUT2D eigenvalue weighted by molar-refractivity contribution is -0.140. The van der Waals surface area contributed by atoms with Crippen LogP contribution in [0.2, 0.25) is 0 Å². The standard InChI is InChI=1S/C23H20F4N4O2/c24-18-14(23(25,26)27)4-3-7-17(18)30-21(33)22(10-11-22)31-20(32)13-9-8-12(13)19-28-15-5-1-2-6-16(15)29-19/h1-7,12-13H,8-11H2,(H,28,29)(H,30,33)(H,31,32)/t12-,13-/m0/s1. The van der Waals surface area contributed by atoms with Crippen molar-refractivity contribution in [1.82, 2.24) is 15.3 Å². The largest absolute Gasteiger partial charge is 0.419 e. The highest BCUT2D eigenvalue weighted by Crippen LogP contribution is 2.44. The van der Waals surface area contributed by atoms with Crippen LogP contribution in [0.5, 0.6) is 0 Å². The summed E-state index contributed by atoms with van der Waals surface area (Å²) >= 11 is 0. The van der Waals surface area contributed by atoms with Crippen LogP contribution >= 0.6 is 0 Å². The van der Waals surface area contributed by atoms with Gasteiger partial charge in [0.25, 0.3) is 0 Å². The van der Waals surface area contributed by atoms with E-state index in [1.807, 2.05) is 24.3 Å². The molecule has 2 amide bonds. The normalized spacial score (nSPS) is 21.3. The Balaban J connectivity index is 1.28. The van der Waals surface area contributed by atoms with E-state index in [-0.39, 0.29) is 17.7 Å². The second kappa shape index (κ2) is 7.57. The van der Waals surface area contributed by atoms with Gasteiger partial charge in [0.15, 0.2) is 5.82 Å². The molecule has 2 aliphatic carbocycles. The Labute approximate surface area is 185 Å². The molecular weight excluding hydrogens is 440 g/mol. The smallest absolute Gasteiger partial charge is 0.342 e. The fraction of sp³-hybridized carbons (Fsp3) is 0.348. The zero-order chi connectivity index (χ0) is 23.4. The number of fused-ring (bicyclic) bond motifs is 1. The number of benzene rings is 2. The number of hydrogen-bond donors (Lipinski definition) is 3. The summed E-state index contributed by atoms with van der Waals surface area (Å²) in [5.74, 6) is -2.37. The quantitative estimate of drug-likeness (QED) is 0.490. The molecule has 3 aromatic rings. The lowest BCUT2D eigenvalue weighted by Crippen LogP contribution is -2.50. The summed E-state index contributed by atoms with van der Waals surface area (Å²) in [7, 11) is 0. The van der Waals surface area contributed by atoms with E-state index in [4.69, 9.17) is 0 Å². The average molecular weight is 460 g/mol. The Hall–Kier alpha value is -3.43. The van der Waals surface area contributed by atoms with Crippen molar-refractivity contribution in [3.8, 4) is 0 Å². The topological polar surface area (TPSA) is 86.9 Å². The first-order chi connectivity index (χ1) is 15.7. The van der Waals surface area contributed by atoms with Crippen LogP contribution in [0, 0.1) is 11.7 Å². The molecule has 0 radical (unpaired) electrons. The van der Waals surface area contributed by atoms with Crippen LogP contribution in [0.25, 0.3) is 11.0 Å². The fourth-order valence-electron chi connectivity index (χ4n) is 4.24. The van der Waals surface area contributed by atoms with Crippen molar-refractivity contribution in [3.05, 3.63) is 59.7 Å². The summed E-state index contributed by atoms with van der Waals surface area (Å²) in [6.07, 6.45) is -2.83. The number of hydrogen-bond acceptors (Lipinski definition) is 3. The summed E-state index contributed by atoms with van der Waals surface area (Å²) in [4.78, 5) is 33.5. The number of alkyl halides is 3. The molecule has 2 saturated carbocycles. The molecular formula is C23H20F4N4O2. The first-order valence-electron chi connectivity index (χ1n) is 10.6. The maximum atomic E-state index is 14.3. The van der Waals surface area contributed by atoms with Gasteiger partial charge in [0.05, 0.1) is 22.3 Å². The van der Waals surface area contributed by atoms with E-state index in [0.717, 1.165) is 29.6 Å². The number of nitrogens with zero attached hydrogens (tertiary/aromatic N) is 1. The van der Waals surface area contributed by atoms with Gasteiger partial charge in [-0.2, -0.15) is 13.2 Å². The van der Waals surface area contributed by atoms with E-state index in [2.05, 4.69) is 20.6 Å². The van der Waals surface area contributed by atoms with Crippen LogP contribution < -0.4 is 10.6 Å². The summed E-state index contributed by atoms with van der Waals surface area (Å²) in [5, 5.41) is 4.97. The molecule has 2 fully saturated rings. The second-order valence-corrected chi connectivity index (χ2v) is 8.62. The van der Waals surface area contributed by atoms with Gasteiger partial charge in [0.2, 0.25) is 11.8 Å². The van der Waals surface area contributed by atoms with E-state index < -0.39 is 34.7 Å². The zero-order valence-corrected chi connectivity index (χ0v) is 17.3. The highest BCUT2D eigenvalue weighted by molar-refractivity contribution is 6.03. The van der Waals surface area contributed by atoms with Gasteiger partial charge in [0.1, 0.15) is 11.4 Å². The van der Waals surface area contributed by atoms with Crippen LogP contribution in [-0.4, -0.2) is 27.3 Å². The van der Waals surface area contributed by atoms with Crippen LogP contribution in [0.15, 0.2) is 42.5 Å². The third-order valence-electron chi connectivity index (χ3n) is 6.47. The van der Waals surface area contributed by atoms with E-state index in [9.17, 15) is 27.2 Å². The molecule has 1 aromatic heterocycles. The number of aromatic amines is 1. The number of nitrogens with one attached hydrogen (secondary N) is 3. The third kappa shape index (κ3) is 3.83. The van der Waals surface area contributed by atoms with Crippen molar-refractivity contribution in [3.63, 3.8) is 0 Å². The molecule has 0 aliphatic heterocycles. The Morgan fingerprint density at radius 3 is 2.45 bits per heavy atom. The number of aromatic nitrogens is 2. The number of carbonyl (C=O) groups excluding carboxylic acids is 2. The number of para-hydroxylation sites is 2. The lowest BCUT2D eigenvalue weighted by Gasteiger charge is -2.35. The lowest BCUT2D eigenvalue weighted by atomic mass is 9.72. The second-order valence-electron chi connectivity index (χ2n) is 8.62. The van der Waals surface area contributed by atoms with Crippen molar-refractivity contribution in [2.24, 2.45) is 5.92 Å². The number of anilines is 1. The van der Waals surface area contributed by atoms with Crippen LogP contribution in [0.4, 0.5) is 23.2 Å². The molecule has 172 valence electrons. The molecule has 5 rings (SSSR count). The molecule has 10 heteroatoms. The van der Waals surface area contributed by atoms with Gasteiger partial charge >= 0.3 is 6.18 Å². The fourth-order valence-corrected chi connectivity index (χ4v) is 4.24. The van der Waals surface area contributed by atoms with E-state index in [1.54, 1.807) is 0 Å². The van der Waals surface area contributed by atoms with Crippen molar-refractivity contribution in [2.75, 3.05) is 5.32 Å². The Morgan fingerprint density at radius 1 is 1.06 bits per heavy atom. The van der Waals surface area contributed by atoms with E-state index in [1.165, 1.54) is 0 Å². The molecule has 2 aromatic carbocycles. The van der Waals surface area contributed by atoms with Gasteiger partial charge in [-0.05, 0) is 49.9 Å². The van der Waals surface area contributed by atoms with Gasteiger partial charge in [-0.3, -0.25) is 9.59 Å². The van der Waals surface area contributed by atoms with Crippen LogP contribution in [0.3, 0.4) is 0 Å². The summed E-state index contributed by atoms with van der Waals surface area (Å²) in [6, 6.07) is 10.2. The number of carbonyl (C=O) groups is 2. The summed E-state index contributed by atoms with van der Waals surface area (Å²) in [6.45, 7) is 0. The zero-order valence-electron chi connectivity index (χ0n) is 17.3. The molecule has 0 spiro atoms. The minimum Gasteiger partial charge on any atom is -0.342 e. The van der Waals surface area contributed by atoms with E-state index >= 15 is 0 Å². The molecule has 0 saturated heterocycles. The minimum absolute atomic E-state index is 0.114. The predicted octanol–water partition coefficient (Wildman–Crippen LogP) is 4.50. The first kappa shape index (κ1) is 21.4. The SMILES string of the molecule is O=C(NC1(C(=O)Nc2cccc(C(F)(F)F)c2F)CC1)[C@H]1CC[C@@H]1c1nc2ccccc2[nH]1. The van der Waals surface area contributed by atoms with Crippen molar-refractivity contribution >= 4 is 28.5 Å². The Morgan fingerprint density at radius 2 is 1.82 bits per heavy atom. The third-order valence-corrected chi connectivity index (χ3v) is 6.47. The molecule has 0 unspecified atom stereocenters. The Kier molecular flexibility index (Phi) is 4.91. The van der Waals surface area contributed by atoms with Crippen molar-refractivity contribution in [1.29, 1.82) is 0 Å². The predicted molar refractivity (Wildman–Crippen MR) is 112 cm³/mol. The highest BCUT2D eigenvalue weighted by Gasteiger charge is 2.53. The molecule has 1 heterocycles. The molecule has 0 bridgehead atoms. The van der Waals surface area contributed by atoms with Gasteiger partial charge in [-0.1, -0.05) is 18.2 Å². The maximum Gasteiger partial charge on any atom is 0.419 e. The molecule has 6 nitrogen and oxygen atoms in total. The Bertz CT molecular complexity index is 1220. The van der Waals surface area contributed by atoms with Gasteiger partial charge in [-0.15, -0.1) is 0 Å². The minimum atomic E-state index is -4.88. The summed E-state index contributed by atoms with van der Waals surface area (Å²) in [5.41, 5.74) is -1.60. The highest BCUT2D eigenvalue weighted by atomic mass is 19.4. The van der Waals surface area contributed by atoms with Gasteiger partial charge in [-0.25, -0.2) is 9.37 Å². The first-order valence-corrected chi connectivity index (χ1v) is 10.6. The van der Waals surface area contributed by atoms with Gasteiger partial charge < -0.3 is 15.6 Å². The number of halogens is 4. The average Bonchev–Trinajstić information content (AvgIpc) is 3.38. The number of imidazole rings is 1.